The number of H-pyrrole nitrogens is 1. The maximum absolute atomic E-state index is 11.2. The van der Waals surface area contributed by atoms with Gasteiger partial charge in [0.25, 0.3) is 0 Å². The second-order valence-corrected chi connectivity index (χ2v) is 8.11. The highest BCUT2D eigenvalue weighted by molar-refractivity contribution is 7.13. The van der Waals surface area contributed by atoms with Gasteiger partial charge in [-0.3, -0.25) is 4.98 Å². The number of aromatic nitrogens is 6. The van der Waals surface area contributed by atoms with Crippen molar-refractivity contribution in [1.29, 1.82) is 0 Å². The molecule has 0 saturated heterocycles. The van der Waals surface area contributed by atoms with Crippen molar-refractivity contribution in [1.82, 2.24) is 29.5 Å². The first-order valence-electron chi connectivity index (χ1n) is 9.27. The fourth-order valence-electron chi connectivity index (χ4n) is 3.96. The van der Waals surface area contributed by atoms with E-state index in [2.05, 4.69) is 19.9 Å². The number of fused-ring (bicyclic) bond motifs is 2. The number of nitrogens with one attached hydrogen (secondary N) is 1. The van der Waals surface area contributed by atoms with Crippen molar-refractivity contribution >= 4 is 22.5 Å². The molecule has 0 radical (unpaired) electrons. The van der Waals surface area contributed by atoms with Gasteiger partial charge < -0.3 is 14.7 Å². The predicted molar refractivity (Wildman–Crippen MR) is 110 cm³/mol. The number of rotatable bonds is 3. The Hall–Kier alpha value is -3.36. The molecule has 2 N–H and O–H groups in total. The van der Waals surface area contributed by atoms with Gasteiger partial charge in [-0.25, -0.2) is 15.0 Å². The molecule has 142 valence electrons. The molecule has 8 heteroatoms. The summed E-state index contributed by atoms with van der Waals surface area (Å²) >= 11 is 1.58. The molecule has 6 rings (SSSR count). The topological polar surface area (TPSA) is 92.5 Å². The van der Waals surface area contributed by atoms with Crippen molar-refractivity contribution in [2.24, 2.45) is 0 Å². The van der Waals surface area contributed by atoms with Gasteiger partial charge in [0.15, 0.2) is 5.65 Å². The Morgan fingerprint density at radius 3 is 3.00 bits per heavy atom. The van der Waals surface area contributed by atoms with Crippen LogP contribution in [0, 0.1) is 0 Å². The number of thiazole rings is 1. The Balaban J connectivity index is 1.36. The van der Waals surface area contributed by atoms with E-state index in [4.69, 9.17) is 4.98 Å². The summed E-state index contributed by atoms with van der Waals surface area (Å²) in [5.41, 5.74) is 4.30. The van der Waals surface area contributed by atoms with Crippen LogP contribution in [0.5, 0.6) is 0 Å². The third kappa shape index (κ3) is 2.60. The number of nitrogens with zero attached hydrogens (tertiary/aromatic N) is 5. The van der Waals surface area contributed by atoms with Crippen LogP contribution >= 0.6 is 11.3 Å². The zero-order valence-corrected chi connectivity index (χ0v) is 16.1. The van der Waals surface area contributed by atoms with Gasteiger partial charge in [-0.05, 0) is 11.6 Å². The van der Waals surface area contributed by atoms with E-state index in [0.717, 1.165) is 44.4 Å². The lowest BCUT2D eigenvalue weighted by atomic mass is 9.91. The molecule has 0 unspecified atom stereocenters. The molecule has 1 aromatic carbocycles. The van der Waals surface area contributed by atoms with E-state index in [0.29, 0.717) is 13.0 Å². The van der Waals surface area contributed by atoms with Gasteiger partial charge in [-0.15, -0.1) is 11.3 Å². The number of imidazole rings is 1. The van der Waals surface area contributed by atoms with Crippen LogP contribution in [0.4, 0.5) is 0 Å². The SMILES string of the molecule is O[C@]1(c2cccc(-c3nc(-c4c[nH]c5nccnc45)cs3)c2)Cc2nccn2C1. The Bertz CT molecular complexity index is 1330. The van der Waals surface area contributed by atoms with Crippen LogP contribution in [-0.4, -0.2) is 34.6 Å². The van der Waals surface area contributed by atoms with Gasteiger partial charge in [0, 0.05) is 53.9 Å². The molecule has 5 aromatic rings. The molecule has 1 aliphatic heterocycles. The predicted octanol–water partition coefficient (Wildman–Crippen LogP) is 3.39. The van der Waals surface area contributed by atoms with Crippen molar-refractivity contribution < 1.29 is 5.11 Å². The molecule has 29 heavy (non-hydrogen) atoms. The third-order valence-corrected chi connectivity index (χ3v) is 6.31. The van der Waals surface area contributed by atoms with Gasteiger partial charge in [0.1, 0.15) is 21.9 Å². The zero-order valence-electron chi connectivity index (χ0n) is 15.3. The smallest absolute Gasteiger partial charge is 0.156 e. The standard InChI is InChI=1S/C21H16N6OS/c28-21(9-17-22-6-7-27(17)12-21)14-3-1-2-13(8-14)20-26-16(11-29-20)15-10-25-19-18(15)23-4-5-24-19/h1-8,10-11,28H,9,12H2,(H,24,25)/t21-/m1/s1. The van der Waals surface area contributed by atoms with E-state index < -0.39 is 5.60 Å². The monoisotopic (exact) mass is 400 g/mol. The lowest BCUT2D eigenvalue weighted by Gasteiger charge is -2.22. The summed E-state index contributed by atoms with van der Waals surface area (Å²) < 4.78 is 2.01. The second kappa shape index (κ2) is 6.07. The lowest BCUT2D eigenvalue weighted by molar-refractivity contribution is 0.0376. The molecular weight excluding hydrogens is 384 g/mol. The molecule has 1 aliphatic rings. The van der Waals surface area contributed by atoms with Crippen LogP contribution in [0.1, 0.15) is 11.4 Å². The summed E-state index contributed by atoms with van der Waals surface area (Å²) in [4.78, 5) is 21.0. The Morgan fingerprint density at radius 1 is 1.14 bits per heavy atom. The van der Waals surface area contributed by atoms with Gasteiger partial charge in [-0.2, -0.15) is 0 Å². The van der Waals surface area contributed by atoms with E-state index in [1.165, 1.54) is 0 Å². The summed E-state index contributed by atoms with van der Waals surface area (Å²) in [6, 6.07) is 8.00. The van der Waals surface area contributed by atoms with Gasteiger partial charge in [0.05, 0.1) is 12.2 Å². The largest absolute Gasteiger partial charge is 0.383 e. The van der Waals surface area contributed by atoms with Crippen LogP contribution < -0.4 is 0 Å². The average Bonchev–Trinajstić information content (AvgIpc) is 3.50. The van der Waals surface area contributed by atoms with Crippen LogP contribution in [-0.2, 0) is 18.6 Å². The number of hydrogen-bond acceptors (Lipinski definition) is 6. The highest BCUT2D eigenvalue weighted by Crippen LogP contribution is 2.36. The van der Waals surface area contributed by atoms with Gasteiger partial charge in [0.2, 0.25) is 0 Å². The first kappa shape index (κ1) is 16.6. The lowest BCUT2D eigenvalue weighted by Crippen LogP contribution is -2.27. The van der Waals surface area contributed by atoms with Gasteiger partial charge in [-0.1, -0.05) is 18.2 Å². The summed E-state index contributed by atoms with van der Waals surface area (Å²) in [6.07, 6.45) is 9.44. The molecule has 0 aliphatic carbocycles. The van der Waals surface area contributed by atoms with Gasteiger partial charge >= 0.3 is 0 Å². The van der Waals surface area contributed by atoms with Crippen LogP contribution in [0.25, 0.3) is 33.0 Å². The first-order valence-corrected chi connectivity index (χ1v) is 10.1. The molecule has 5 heterocycles. The number of aliphatic hydroxyl groups is 1. The molecule has 0 bridgehead atoms. The number of benzene rings is 1. The Labute approximate surface area is 169 Å². The zero-order chi connectivity index (χ0) is 19.4. The third-order valence-electron chi connectivity index (χ3n) is 5.42. The van der Waals surface area contributed by atoms with Crippen LogP contribution in [0.2, 0.25) is 0 Å². The minimum absolute atomic E-state index is 0.514. The highest BCUT2D eigenvalue weighted by atomic mass is 32.1. The van der Waals surface area contributed by atoms with Crippen molar-refractivity contribution in [2.75, 3.05) is 0 Å². The minimum Gasteiger partial charge on any atom is -0.383 e. The van der Waals surface area contributed by atoms with E-state index in [-0.39, 0.29) is 0 Å². The van der Waals surface area contributed by atoms with Crippen LogP contribution in [0.15, 0.2) is 60.6 Å². The average molecular weight is 400 g/mol. The van der Waals surface area contributed by atoms with Crippen molar-refractivity contribution in [2.45, 2.75) is 18.6 Å². The van der Waals surface area contributed by atoms with E-state index in [1.54, 1.807) is 29.9 Å². The fourth-order valence-corrected chi connectivity index (χ4v) is 4.78. The molecule has 0 fully saturated rings. The molecule has 0 amide bonds. The maximum atomic E-state index is 11.2. The first-order chi connectivity index (χ1) is 14.2. The van der Waals surface area contributed by atoms with E-state index >= 15 is 0 Å². The van der Waals surface area contributed by atoms with E-state index in [1.807, 2.05) is 46.6 Å². The maximum Gasteiger partial charge on any atom is 0.156 e. The summed E-state index contributed by atoms with van der Waals surface area (Å²) in [5.74, 6) is 0.912. The minimum atomic E-state index is -0.938. The number of hydrogen-bond donors (Lipinski definition) is 2. The van der Waals surface area contributed by atoms with Crippen LogP contribution in [0.3, 0.4) is 0 Å². The fraction of sp³-hybridized carbons (Fsp3) is 0.143. The van der Waals surface area contributed by atoms with Crippen molar-refractivity contribution in [3.63, 3.8) is 0 Å². The molecule has 4 aromatic heterocycles. The van der Waals surface area contributed by atoms with Crippen molar-refractivity contribution in [3.8, 4) is 21.8 Å². The Morgan fingerprint density at radius 2 is 2.07 bits per heavy atom. The molecule has 1 atom stereocenters. The highest BCUT2D eigenvalue weighted by Gasteiger charge is 2.37. The Kier molecular flexibility index (Phi) is 3.47. The van der Waals surface area contributed by atoms with E-state index in [9.17, 15) is 5.11 Å². The second-order valence-electron chi connectivity index (χ2n) is 7.25. The molecule has 0 spiro atoms. The summed E-state index contributed by atoms with van der Waals surface area (Å²) in [6.45, 7) is 0.517. The number of aromatic amines is 1. The molecule has 0 saturated carbocycles. The summed E-state index contributed by atoms with van der Waals surface area (Å²) in [7, 11) is 0. The van der Waals surface area contributed by atoms with Crippen molar-refractivity contribution in [3.05, 3.63) is 72.0 Å². The summed E-state index contributed by atoms with van der Waals surface area (Å²) in [5, 5.41) is 14.2. The quantitative estimate of drug-likeness (QED) is 0.484. The molecule has 7 nitrogen and oxygen atoms in total. The molecular formula is C21H16N6OS. The normalized spacial score (nSPS) is 18.4.